The molecule has 0 bridgehead atoms. The third kappa shape index (κ3) is 6.37. The van der Waals surface area contributed by atoms with Crippen LogP contribution in [0.3, 0.4) is 0 Å². The second-order valence-electron chi connectivity index (χ2n) is 11.0. The molecule has 3 heterocycles. The fourth-order valence-electron chi connectivity index (χ4n) is 5.52. The monoisotopic (exact) mass is 628 g/mol. The van der Waals surface area contributed by atoms with E-state index >= 15 is 0 Å². The number of hydrogen-bond donors (Lipinski definition) is 11. The van der Waals surface area contributed by atoms with Crippen LogP contribution in [0.5, 0.6) is 28.7 Å². The molecule has 12 atom stereocenters. The second-order valence-corrected chi connectivity index (χ2v) is 11.0. The summed E-state index contributed by atoms with van der Waals surface area (Å²) in [6.07, 6.45) is -17.3. The van der Waals surface area contributed by atoms with Gasteiger partial charge in [-0.25, -0.2) is 0 Å². The molecule has 0 radical (unpaired) electrons. The number of ether oxygens (including phenoxy) is 5. The van der Waals surface area contributed by atoms with Gasteiger partial charge in [-0.2, -0.15) is 0 Å². The number of hydrogen-bond acceptors (Lipinski definition) is 16. The Morgan fingerprint density at radius 1 is 0.682 bits per heavy atom. The van der Waals surface area contributed by atoms with Gasteiger partial charge in [-0.3, -0.25) is 0 Å². The molecule has 2 saturated heterocycles. The lowest BCUT2D eigenvalue weighted by atomic mass is 9.93. The minimum absolute atomic E-state index is 0.0583. The third-order valence-electron chi connectivity index (χ3n) is 8.03. The summed E-state index contributed by atoms with van der Waals surface area (Å²) in [7, 11) is 0. The summed E-state index contributed by atoms with van der Waals surface area (Å²) in [5.41, 5.74) is 0.557. The van der Waals surface area contributed by atoms with Crippen LogP contribution in [0.2, 0.25) is 0 Å². The molecule has 2 unspecified atom stereocenters. The number of aromatic hydroxyl groups is 4. The Bertz CT molecular complexity index is 1290. The van der Waals surface area contributed by atoms with E-state index in [0.717, 1.165) is 6.07 Å². The van der Waals surface area contributed by atoms with Crippen LogP contribution < -0.4 is 4.74 Å². The van der Waals surface area contributed by atoms with Gasteiger partial charge in [-0.05, 0) is 17.7 Å². The smallest absolute Gasteiger partial charge is 0.187 e. The molecule has 3 aliphatic heterocycles. The van der Waals surface area contributed by atoms with Gasteiger partial charge in [0.15, 0.2) is 23.9 Å². The van der Waals surface area contributed by atoms with Gasteiger partial charge in [0.25, 0.3) is 0 Å². The molecule has 16 heteroatoms. The molecule has 11 N–H and O–H groups in total. The quantitative estimate of drug-likeness (QED) is 0.132. The Hall–Kier alpha value is -3.00. The number of phenols is 4. The highest BCUT2D eigenvalue weighted by Crippen LogP contribution is 2.44. The van der Waals surface area contributed by atoms with Crippen LogP contribution in [0.15, 0.2) is 30.3 Å². The Labute approximate surface area is 250 Å². The van der Waals surface area contributed by atoms with E-state index in [2.05, 4.69) is 0 Å². The fourth-order valence-corrected chi connectivity index (χ4v) is 5.52. The lowest BCUT2D eigenvalue weighted by Crippen LogP contribution is -2.61. The summed E-state index contributed by atoms with van der Waals surface area (Å²) in [4.78, 5) is 0. The van der Waals surface area contributed by atoms with Crippen molar-refractivity contribution in [2.45, 2.75) is 79.9 Å². The molecule has 0 amide bonds. The summed E-state index contributed by atoms with van der Waals surface area (Å²) < 4.78 is 28.7. The predicted octanol–water partition coefficient (Wildman–Crippen LogP) is -2.76. The SMILES string of the molecule is OC[C@H]1O[C@H](COC[C@H]2O[C@@H](OC3Cc4c(O)cc(O)cc4OC3c3ccc(O)c(O)c3)[C@H](O)[C@@H](O)[C@@H]2O)[C@H](O)[C@@H](O)[C@@H]1O. The lowest BCUT2D eigenvalue weighted by Gasteiger charge is -2.43. The minimum atomic E-state index is -1.77. The molecular weight excluding hydrogens is 592 g/mol. The molecule has 0 aromatic heterocycles. The van der Waals surface area contributed by atoms with Crippen LogP contribution in [0.4, 0.5) is 0 Å². The number of aliphatic hydroxyl groups excluding tert-OH is 7. The maximum absolute atomic E-state index is 10.7. The van der Waals surface area contributed by atoms with Gasteiger partial charge < -0.3 is 79.9 Å². The van der Waals surface area contributed by atoms with Gasteiger partial charge in [-0.1, -0.05) is 6.07 Å². The fraction of sp³-hybridized carbons (Fsp3) is 0.571. The van der Waals surface area contributed by atoms with E-state index < -0.39 is 98.1 Å². The van der Waals surface area contributed by atoms with Crippen molar-refractivity contribution in [1.29, 1.82) is 0 Å². The van der Waals surface area contributed by atoms with Crippen LogP contribution in [0.25, 0.3) is 0 Å². The molecule has 0 spiro atoms. The Morgan fingerprint density at radius 3 is 1.98 bits per heavy atom. The van der Waals surface area contributed by atoms with Gasteiger partial charge in [0, 0.05) is 24.1 Å². The summed E-state index contributed by atoms with van der Waals surface area (Å²) in [6.45, 7) is -1.42. The normalized spacial score (nSPS) is 37.2. The molecule has 5 rings (SSSR count). The van der Waals surface area contributed by atoms with Crippen LogP contribution >= 0.6 is 0 Å². The molecule has 44 heavy (non-hydrogen) atoms. The van der Waals surface area contributed by atoms with Crippen molar-refractivity contribution in [2.24, 2.45) is 0 Å². The molecule has 0 saturated carbocycles. The summed E-state index contributed by atoms with van der Waals surface area (Å²) >= 11 is 0. The van der Waals surface area contributed by atoms with Crippen molar-refractivity contribution in [3.05, 3.63) is 41.5 Å². The average molecular weight is 629 g/mol. The zero-order valence-corrected chi connectivity index (χ0v) is 23.1. The molecule has 16 nitrogen and oxygen atoms in total. The summed E-state index contributed by atoms with van der Waals surface area (Å²) in [5.74, 6) is -1.32. The van der Waals surface area contributed by atoms with E-state index in [1.54, 1.807) is 0 Å². The molecular formula is C28H36O16. The molecule has 2 aromatic carbocycles. The van der Waals surface area contributed by atoms with E-state index in [9.17, 15) is 56.2 Å². The first kappa shape index (κ1) is 32.4. The Kier molecular flexibility index (Phi) is 9.69. The van der Waals surface area contributed by atoms with E-state index in [0.29, 0.717) is 5.56 Å². The summed E-state index contributed by atoms with van der Waals surface area (Å²) in [5, 5.41) is 112. The van der Waals surface area contributed by atoms with Crippen LogP contribution in [0.1, 0.15) is 17.2 Å². The second kappa shape index (κ2) is 13.2. The van der Waals surface area contributed by atoms with Crippen molar-refractivity contribution in [2.75, 3.05) is 19.8 Å². The van der Waals surface area contributed by atoms with Gasteiger partial charge in [0.2, 0.25) is 0 Å². The van der Waals surface area contributed by atoms with Crippen LogP contribution in [-0.4, -0.2) is 143 Å². The molecule has 2 aromatic rings. The first-order chi connectivity index (χ1) is 20.9. The van der Waals surface area contributed by atoms with E-state index in [1.807, 2.05) is 0 Å². The third-order valence-corrected chi connectivity index (χ3v) is 8.03. The zero-order valence-electron chi connectivity index (χ0n) is 23.1. The van der Waals surface area contributed by atoms with E-state index in [4.69, 9.17) is 23.7 Å². The van der Waals surface area contributed by atoms with Crippen LogP contribution in [-0.2, 0) is 25.4 Å². The minimum Gasteiger partial charge on any atom is -0.508 e. The zero-order chi connectivity index (χ0) is 31.9. The van der Waals surface area contributed by atoms with Crippen LogP contribution in [0, 0.1) is 0 Å². The molecule has 0 aliphatic carbocycles. The highest BCUT2D eigenvalue weighted by molar-refractivity contribution is 5.52. The number of benzene rings is 2. The van der Waals surface area contributed by atoms with Crippen molar-refractivity contribution in [3.63, 3.8) is 0 Å². The largest absolute Gasteiger partial charge is 0.508 e. The Morgan fingerprint density at radius 2 is 1.32 bits per heavy atom. The number of phenolic OH excluding ortho intramolecular Hbond substituents is 4. The molecule has 2 fully saturated rings. The van der Waals surface area contributed by atoms with Crippen molar-refractivity contribution < 1.29 is 79.9 Å². The number of aliphatic hydroxyl groups is 7. The first-order valence-corrected chi connectivity index (χ1v) is 13.9. The highest BCUT2D eigenvalue weighted by Gasteiger charge is 2.48. The van der Waals surface area contributed by atoms with Gasteiger partial charge >= 0.3 is 0 Å². The standard InChI is InChI=1S/C28H36O16/c29-7-18-21(34)24(37)22(35)19(41-18)8-40-9-20-23(36)25(38)26(39)28(44-20)43-17-6-12-14(32)4-11(30)5-16(12)42-27(17)10-1-2-13(31)15(33)3-10/h1-5,17-39H,6-9H2/t17?,18-,19-,20-,21-,22+,23-,24+,25+,26-,27?,28-/m1/s1. The summed E-state index contributed by atoms with van der Waals surface area (Å²) in [6, 6.07) is 6.25. The predicted molar refractivity (Wildman–Crippen MR) is 143 cm³/mol. The van der Waals surface area contributed by atoms with Gasteiger partial charge in [0.1, 0.15) is 78.3 Å². The maximum atomic E-state index is 10.7. The van der Waals surface area contributed by atoms with Gasteiger partial charge in [-0.15, -0.1) is 0 Å². The van der Waals surface area contributed by atoms with Gasteiger partial charge in [0.05, 0.1) is 19.8 Å². The van der Waals surface area contributed by atoms with Crippen molar-refractivity contribution in [1.82, 2.24) is 0 Å². The highest BCUT2D eigenvalue weighted by atomic mass is 16.7. The topological polar surface area (TPSA) is 269 Å². The Balaban J connectivity index is 1.31. The lowest BCUT2D eigenvalue weighted by molar-refractivity contribution is -0.320. The van der Waals surface area contributed by atoms with Crippen molar-refractivity contribution >= 4 is 0 Å². The number of rotatable bonds is 8. The first-order valence-electron chi connectivity index (χ1n) is 13.9. The van der Waals surface area contributed by atoms with E-state index in [-0.39, 0.29) is 35.8 Å². The maximum Gasteiger partial charge on any atom is 0.187 e. The van der Waals surface area contributed by atoms with Crippen molar-refractivity contribution in [3.8, 4) is 28.7 Å². The van der Waals surface area contributed by atoms with E-state index in [1.165, 1.54) is 24.3 Å². The molecule has 244 valence electrons. The number of fused-ring (bicyclic) bond motifs is 1. The average Bonchev–Trinajstić information content (AvgIpc) is 2.99. The molecule has 3 aliphatic rings.